The van der Waals surface area contributed by atoms with Gasteiger partial charge >= 0.3 is 0 Å². The Bertz CT molecular complexity index is 468. The molecule has 0 spiro atoms. The minimum Gasteiger partial charge on any atom is -0.297 e. The van der Waals surface area contributed by atoms with Gasteiger partial charge in [0, 0.05) is 23.7 Å². The van der Waals surface area contributed by atoms with Crippen molar-refractivity contribution in [1.29, 1.82) is 5.26 Å². The van der Waals surface area contributed by atoms with Crippen LogP contribution in [-0.2, 0) is 0 Å². The Hall–Kier alpha value is -1.12. The molecule has 0 amide bonds. The molecule has 0 radical (unpaired) electrons. The molecular formula is C14H18N4S. The molecule has 2 unspecified atom stereocenters. The molecule has 5 heteroatoms. The molecule has 2 saturated carbocycles. The Morgan fingerprint density at radius 3 is 2.79 bits per heavy atom. The third kappa shape index (κ3) is 3.26. The van der Waals surface area contributed by atoms with Gasteiger partial charge in [-0.05, 0) is 44.6 Å². The predicted octanol–water partition coefficient (Wildman–Crippen LogP) is 2.53. The summed E-state index contributed by atoms with van der Waals surface area (Å²) in [6, 6.07) is 4.95. The minimum atomic E-state index is -0.314. The SMILES string of the molecule is N#CC1(NC2CC2)CCCC(Sc2ncccn2)C1. The van der Waals surface area contributed by atoms with Gasteiger partial charge in [-0.15, -0.1) is 0 Å². The van der Waals surface area contributed by atoms with Gasteiger partial charge in [0.25, 0.3) is 0 Å². The molecule has 100 valence electrons. The summed E-state index contributed by atoms with van der Waals surface area (Å²) in [5.41, 5.74) is -0.314. The number of nitrogens with zero attached hydrogens (tertiary/aromatic N) is 3. The van der Waals surface area contributed by atoms with Gasteiger partial charge in [-0.1, -0.05) is 11.8 Å². The zero-order valence-corrected chi connectivity index (χ0v) is 11.7. The average molecular weight is 274 g/mol. The molecular weight excluding hydrogens is 256 g/mol. The molecule has 0 bridgehead atoms. The second-order valence-corrected chi connectivity index (χ2v) is 6.75. The van der Waals surface area contributed by atoms with Crippen LogP contribution >= 0.6 is 11.8 Å². The Labute approximate surface area is 118 Å². The lowest BCUT2D eigenvalue weighted by Crippen LogP contribution is -2.49. The van der Waals surface area contributed by atoms with Crippen LogP contribution in [0.3, 0.4) is 0 Å². The van der Waals surface area contributed by atoms with Crippen LogP contribution in [0.25, 0.3) is 0 Å². The number of hydrogen-bond acceptors (Lipinski definition) is 5. The van der Waals surface area contributed by atoms with Crippen LogP contribution in [0.1, 0.15) is 38.5 Å². The molecule has 0 saturated heterocycles. The van der Waals surface area contributed by atoms with E-state index in [-0.39, 0.29) is 5.54 Å². The molecule has 1 aromatic heterocycles. The summed E-state index contributed by atoms with van der Waals surface area (Å²) >= 11 is 1.72. The van der Waals surface area contributed by atoms with E-state index in [1.54, 1.807) is 24.2 Å². The van der Waals surface area contributed by atoms with E-state index in [4.69, 9.17) is 0 Å². The van der Waals surface area contributed by atoms with Crippen LogP contribution < -0.4 is 5.32 Å². The molecule has 0 aromatic carbocycles. The normalized spacial score (nSPS) is 30.8. The molecule has 19 heavy (non-hydrogen) atoms. The van der Waals surface area contributed by atoms with Crippen LogP contribution in [0.2, 0.25) is 0 Å². The van der Waals surface area contributed by atoms with Crippen LogP contribution in [0.4, 0.5) is 0 Å². The molecule has 1 N–H and O–H groups in total. The van der Waals surface area contributed by atoms with E-state index in [1.807, 2.05) is 6.07 Å². The zero-order valence-electron chi connectivity index (χ0n) is 10.9. The van der Waals surface area contributed by atoms with Crippen molar-refractivity contribution >= 4 is 11.8 Å². The number of nitriles is 1. The number of nitrogens with one attached hydrogen (secondary N) is 1. The fraction of sp³-hybridized carbons (Fsp3) is 0.643. The van der Waals surface area contributed by atoms with Gasteiger partial charge in [-0.25, -0.2) is 9.97 Å². The summed E-state index contributed by atoms with van der Waals surface area (Å²) in [6.45, 7) is 0. The zero-order chi connectivity index (χ0) is 13.1. The van der Waals surface area contributed by atoms with Gasteiger partial charge in [0.2, 0.25) is 0 Å². The second kappa shape index (κ2) is 5.48. The molecule has 2 atom stereocenters. The van der Waals surface area contributed by atoms with E-state index in [0.29, 0.717) is 11.3 Å². The van der Waals surface area contributed by atoms with Crippen LogP contribution in [0.5, 0.6) is 0 Å². The van der Waals surface area contributed by atoms with E-state index in [2.05, 4.69) is 21.4 Å². The molecule has 2 fully saturated rings. The van der Waals surface area contributed by atoms with Gasteiger partial charge < -0.3 is 0 Å². The van der Waals surface area contributed by atoms with Crippen molar-refractivity contribution in [2.45, 2.75) is 60.5 Å². The standard InChI is InChI=1S/C14H18N4S/c15-10-14(18-11-4-5-11)6-1-3-12(9-14)19-13-16-7-2-8-17-13/h2,7-8,11-12,18H,1,3-6,9H2. The summed E-state index contributed by atoms with van der Waals surface area (Å²) < 4.78 is 0. The smallest absolute Gasteiger partial charge is 0.187 e. The first-order chi connectivity index (χ1) is 9.30. The number of thioether (sulfide) groups is 1. The lowest BCUT2D eigenvalue weighted by atomic mass is 9.82. The molecule has 1 heterocycles. The van der Waals surface area contributed by atoms with E-state index < -0.39 is 0 Å². The van der Waals surface area contributed by atoms with Crippen LogP contribution in [-0.4, -0.2) is 26.8 Å². The van der Waals surface area contributed by atoms with E-state index in [9.17, 15) is 5.26 Å². The van der Waals surface area contributed by atoms with Gasteiger partial charge in [-0.2, -0.15) is 5.26 Å². The molecule has 2 aliphatic rings. The summed E-state index contributed by atoms with van der Waals surface area (Å²) in [6.07, 6.45) is 10.1. The van der Waals surface area contributed by atoms with Crippen molar-refractivity contribution in [3.05, 3.63) is 18.5 Å². The highest BCUT2D eigenvalue weighted by atomic mass is 32.2. The van der Waals surface area contributed by atoms with Crippen molar-refractivity contribution in [2.75, 3.05) is 0 Å². The molecule has 2 aliphatic carbocycles. The minimum absolute atomic E-state index is 0.314. The Balaban J connectivity index is 1.65. The highest BCUT2D eigenvalue weighted by Crippen LogP contribution is 2.38. The van der Waals surface area contributed by atoms with Crippen molar-refractivity contribution in [2.24, 2.45) is 0 Å². The first-order valence-electron chi connectivity index (χ1n) is 6.92. The lowest BCUT2D eigenvalue weighted by Gasteiger charge is -2.36. The fourth-order valence-corrected chi connectivity index (χ4v) is 3.90. The third-order valence-electron chi connectivity index (χ3n) is 3.79. The highest BCUT2D eigenvalue weighted by molar-refractivity contribution is 7.99. The van der Waals surface area contributed by atoms with E-state index in [1.165, 1.54) is 12.8 Å². The molecule has 0 aliphatic heterocycles. The van der Waals surface area contributed by atoms with E-state index in [0.717, 1.165) is 30.8 Å². The maximum absolute atomic E-state index is 9.55. The predicted molar refractivity (Wildman–Crippen MR) is 74.6 cm³/mol. The largest absolute Gasteiger partial charge is 0.297 e. The quantitative estimate of drug-likeness (QED) is 0.855. The topological polar surface area (TPSA) is 61.6 Å². The lowest BCUT2D eigenvalue weighted by molar-refractivity contribution is 0.301. The van der Waals surface area contributed by atoms with Crippen molar-refractivity contribution in [1.82, 2.24) is 15.3 Å². The first kappa shape index (κ1) is 12.9. The molecule has 3 rings (SSSR count). The Morgan fingerprint density at radius 1 is 1.32 bits per heavy atom. The maximum Gasteiger partial charge on any atom is 0.187 e. The summed E-state index contributed by atoms with van der Waals surface area (Å²) in [4.78, 5) is 8.54. The fourth-order valence-electron chi connectivity index (χ4n) is 2.70. The van der Waals surface area contributed by atoms with E-state index >= 15 is 0 Å². The summed E-state index contributed by atoms with van der Waals surface area (Å²) in [5, 5.41) is 14.4. The maximum atomic E-state index is 9.55. The number of rotatable bonds is 4. The van der Waals surface area contributed by atoms with Gasteiger partial charge in [0.05, 0.1) is 6.07 Å². The number of hydrogen-bond donors (Lipinski definition) is 1. The highest BCUT2D eigenvalue weighted by Gasteiger charge is 2.40. The van der Waals surface area contributed by atoms with Crippen LogP contribution in [0.15, 0.2) is 23.6 Å². The van der Waals surface area contributed by atoms with Crippen molar-refractivity contribution < 1.29 is 0 Å². The summed E-state index contributed by atoms with van der Waals surface area (Å²) in [7, 11) is 0. The number of aromatic nitrogens is 2. The first-order valence-corrected chi connectivity index (χ1v) is 7.80. The average Bonchev–Trinajstić information content (AvgIpc) is 3.24. The third-order valence-corrected chi connectivity index (χ3v) is 4.95. The van der Waals surface area contributed by atoms with Gasteiger partial charge in [-0.3, -0.25) is 5.32 Å². The Kier molecular flexibility index (Phi) is 3.72. The van der Waals surface area contributed by atoms with Gasteiger partial charge in [0.15, 0.2) is 5.16 Å². The van der Waals surface area contributed by atoms with Crippen molar-refractivity contribution in [3.8, 4) is 6.07 Å². The second-order valence-electron chi connectivity index (χ2n) is 5.48. The summed E-state index contributed by atoms with van der Waals surface area (Å²) in [5.74, 6) is 0. The Morgan fingerprint density at radius 2 is 2.11 bits per heavy atom. The molecule has 4 nitrogen and oxygen atoms in total. The van der Waals surface area contributed by atoms with Crippen molar-refractivity contribution in [3.63, 3.8) is 0 Å². The van der Waals surface area contributed by atoms with Crippen LogP contribution in [0, 0.1) is 11.3 Å². The monoisotopic (exact) mass is 274 g/mol. The molecule has 1 aromatic rings. The van der Waals surface area contributed by atoms with Gasteiger partial charge in [0.1, 0.15) is 5.54 Å².